The van der Waals surface area contributed by atoms with Crippen LogP contribution in [-0.2, 0) is 17.8 Å². The second-order valence-corrected chi connectivity index (χ2v) is 7.60. The number of furan rings is 1. The molecule has 4 rings (SSSR count). The van der Waals surface area contributed by atoms with Gasteiger partial charge < -0.3 is 9.32 Å². The average Bonchev–Trinajstić information content (AvgIpc) is 3.39. The molecule has 140 valence electrons. The highest BCUT2D eigenvalue weighted by Crippen LogP contribution is 2.24. The standard InChI is InChI=1S/C21H23N3O2S/c25-20(9-8-19-7-4-14-26-19)24-12-10-23(11-13-24)15-18-16-27-21(22-18)17-5-2-1-3-6-17/h1-7,14,16H,8-13,15H2. The Balaban J connectivity index is 1.25. The minimum atomic E-state index is 0.214. The molecule has 5 nitrogen and oxygen atoms in total. The number of benzene rings is 1. The van der Waals surface area contributed by atoms with Gasteiger partial charge in [-0.05, 0) is 12.1 Å². The summed E-state index contributed by atoms with van der Waals surface area (Å²) in [5, 5.41) is 3.21. The largest absolute Gasteiger partial charge is 0.469 e. The number of aromatic nitrogens is 1. The SMILES string of the molecule is O=C(CCc1ccco1)N1CCN(Cc2csc(-c3ccccc3)n2)CC1. The minimum absolute atomic E-state index is 0.214. The summed E-state index contributed by atoms with van der Waals surface area (Å²) in [5.41, 5.74) is 2.28. The summed E-state index contributed by atoms with van der Waals surface area (Å²) in [6.07, 6.45) is 2.84. The van der Waals surface area contributed by atoms with E-state index in [0.29, 0.717) is 12.8 Å². The molecule has 0 radical (unpaired) electrons. The van der Waals surface area contributed by atoms with Crippen LogP contribution in [-0.4, -0.2) is 46.9 Å². The number of nitrogens with zero attached hydrogens (tertiary/aromatic N) is 3. The first-order valence-corrected chi connectivity index (χ1v) is 10.2. The molecule has 0 spiro atoms. The Morgan fingerprint density at radius 3 is 2.63 bits per heavy atom. The molecule has 1 aliphatic heterocycles. The third-order valence-corrected chi connectivity index (χ3v) is 5.79. The Bertz CT molecular complexity index is 853. The van der Waals surface area contributed by atoms with Crippen molar-refractivity contribution in [2.75, 3.05) is 26.2 Å². The number of carbonyl (C=O) groups is 1. The number of hydrogen-bond donors (Lipinski definition) is 0. The Morgan fingerprint density at radius 2 is 1.89 bits per heavy atom. The van der Waals surface area contributed by atoms with Gasteiger partial charge in [-0.25, -0.2) is 4.98 Å². The van der Waals surface area contributed by atoms with E-state index in [2.05, 4.69) is 22.4 Å². The lowest BCUT2D eigenvalue weighted by Crippen LogP contribution is -2.48. The molecule has 0 bridgehead atoms. The van der Waals surface area contributed by atoms with Crippen LogP contribution in [0, 0.1) is 0 Å². The molecule has 1 fully saturated rings. The van der Waals surface area contributed by atoms with Gasteiger partial charge in [0.2, 0.25) is 5.91 Å². The van der Waals surface area contributed by atoms with E-state index in [1.807, 2.05) is 35.2 Å². The van der Waals surface area contributed by atoms with Gasteiger partial charge in [0.15, 0.2) is 0 Å². The highest BCUT2D eigenvalue weighted by molar-refractivity contribution is 7.13. The fourth-order valence-electron chi connectivity index (χ4n) is 3.32. The molecule has 1 aromatic carbocycles. The van der Waals surface area contributed by atoms with Gasteiger partial charge in [0, 0.05) is 56.5 Å². The monoisotopic (exact) mass is 381 g/mol. The van der Waals surface area contributed by atoms with E-state index < -0.39 is 0 Å². The molecule has 0 aliphatic carbocycles. The van der Waals surface area contributed by atoms with Gasteiger partial charge >= 0.3 is 0 Å². The van der Waals surface area contributed by atoms with Gasteiger partial charge in [0.1, 0.15) is 10.8 Å². The van der Waals surface area contributed by atoms with Crippen molar-refractivity contribution in [1.82, 2.24) is 14.8 Å². The Kier molecular flexibility index (Phi) is 5.65. The number of amides is 1. The van der Waals surface area contributed by atoms with E-state index in [4.69, 9.17) is 9.40 Å². The quantitative estimate of drug-likeness (QED) is 0.654. The Morgan fingerprint density at radius 1 is 1.07 bits per heavy atom. The van der Waals surface area contributed by atoms with Gasteiger partial charge in [0.05, 0.1) is 12.0 Å². The zero-order chi connectivity index (χ0) is 18.5. The predicted octanol–water partition coefficient (Wildman–Crippen LogP) is 3.68. The van der Waals surface area contributed by atoms with Gasteiger partial charge in [-0.15, -0.1) is 11.3 Å². The van der Waals surface area contributed by atoms with E-state index in [9.17, 15) is 4.79 Å². The topological polar surface area (TPSA) is 49.6 Å². The lowest BCUT2D eigenvalue weighted by atomic mass is 10.2. The highest BCUT2D eigenvalue weighted by Gasteiger charge is 2.21. The number of thiazole rings is 1. The average molecular weight is 382 g/mol. The highest BCUT2D eigenvalue weighted by atomic mass is 32.1. The molecule has 3 aromatic rings. The van der Waals surface area contributed by atoms with Crippen molar-refractivity contribution in [1.29, 1.82) is 0 Å². The zero-order valence-corrected chi connectivity index (χ0v) is 16.0. The maximum absolute atomic E-state index is 12.4. The molecular formula is C21H23N3O2S. The van der Waals surface area contributed by atoms with Crippen LogP contribution in [0.15, 0.2) is 58.5 Å². The van der Waals surface area contributed by atoms with Crippen molar-refractivity contribution < 1.29 is 9.21 Å². The number of rotatable bonds is 6. The molecular weight excluding hydrogens is 358 g/mol. The van der Waals surface area contributed by atoms with Crippen molar-refractivity contribution in [2.24, 2.45) is 0 Å². The van der Waals surface area contributed by atoms with Crippen molar-refractivity contribution in [3.05, 3.63) is 65.6 Å². The van der Waals surface area contributed by atoms with Gasteiger partial charge in [0.25, 0.3) is 0 Å². The first-order chi connectivity index (χ1) is 13.3. The minimum Gasteiger partial charge on any atom is -0.469 e. The first-order valence-electron chi connectivity index (χ1n) is 9.30. The van der Waals surface area contributed by atoms with Crippen LogP contribution in [0.25, 0.3) is 10.6 Å². The molecule has 6 heteroatoms. The molecule has 1 saturated heterocycles. The molecule has 1 amide bonds. The third kappa shape index (κ3) is 4.64. The van der Waals surface area contributed by atoms with Crippen molar-refractivity contribution in [3.63, 3.8) is 0 Å². The second kappa shape index (κ2) is 8.50. The second-order valence-electron chi connectivity index (χ2n) is 6.75. The van der Waals surface area contributed by atoms with Gasteiger partial charge in [-0.1, -0.05) is 30.3 Å². The Labute approximate surface area is 163 Å². The summed E-state index contributed by atoms with van der Waals surface area (Å²) < 4.78 is 5.30. The van der Waals surface area contributed by atoms with Crippen LogP contribution in [0.4, 0.5) is 0 Å². The summed E-state index contributed by atoms with van der Waals surface area (Å²) in [6.45, 7) is 4.20. The van der Waals surface area contributed by atoms with E-state index in [1.54, 1.807) is 17.6 Å². The number of aryl methyl sites for hydroxylation is 1. The van der Waals surface area contributed by atoms with Crippen LogP contribution in [0.3, 0.4) is 0 Å². The first kappa shape index (κ1) is 17.9. The summed E-state index contributed by atoms with van der Waals surface area (Å²) in [4.78, 5) is 21.5. The third-order valence-electron chi connectivity index (χ3n) is 4.85. The van der Waals surface area contributed by atoms with Crippen LogP contribution in [0.5, 0.6) is 0 Å². The summed E-state index contributed by atoms with van der Waals surface area (Å²) in [7, 11) is 0. The molecule has 2 aromatic heterocycles. The molecule has 0 unspecified atom stereocenters. The van der Waals surface area contributed by atoms with Gasteiger partial charge in [-0.3, -0.25) is 9.69 Å². The molecule has 1 aliphatic rings. The van der Waals surface area contributed by atoms with E-state index in [1.165, 1.54) is 5.56 Å². The maximum Gasteiger partial charge on any atom is 0.223 e. The maximum atomic E-state index is 12.4. The summed E-state index contributed by atoms with van der Waals surface area (Å²) >= 11 is 1.69. The van der Waals surface area contributed by atoms with E-state index >= 15 is 0 Å². The molecule has 3 heterocycles. The fraction of sp³-hybridized carbons (Fsp3) is 0.333. The van der Waals surface area contributed by atoms with E-state index in [0.717, 1.165) is 49.2 Å². The lowest BCUT2D eigenvalue weighted by Gasteiger charge is -2.34. The normalized spacial score (nSPS) is 15.2. The predicted molar refractivity (Wildman–Crippen MR) is 106 cm³/mol. The molecule has 0 atom stereocenters. The van der Waals surface area contributed by atoms with Crippen LogP contribution >= 0.6 is 11.3 Å². The molecule has 27 heavy (non-hydrogen) atoms. The smallest absolute Gasteiger partial charge is 0.223 e. The van der Waals surface area contributed by atoms with Gasteiger partial charge in [-0.2, -0.15) is 0 Å². The summed E-state index contributed by atoms with van der Waals surface area (Å²) in [5.74, 6) is 1.09. The van der Waals surface area contributed by atoms with Crippen LogP contribution < -0.4 is 0 Å². The number of hydrogen-bond acceptors (Lipinski definition) is 5. The number of carbonyl (C=O) groups excluding carboxylic acids is 1. The van der Waals surface area contributed by atoms with Crippen molar-refractivity contribution in [2.45, 2.75) is 19.4 Å². The van der Waals surface area contributed by atoms with Crippen LogP contribution in [0.2, 0.25) is 0 Å². The molecule has 0 N–H and O–H groups in total. The lowest BCUT2D eigenvalue weighted by molar-refractivity contribution is -0.133. The zero-order valence-electron chi connectivity index (χ0n) is 15.2. The van der Waals surface area contributed by atoms with Crippen LogP contribution in [0.1, 0.15) is 17.9 Å². The van der Waals surface area contributed by atoms with Crippen molar-refractivity contribution in [3.8, 4) is 10.6 Å². The van der Waals surface area contributed by atoms with Crippen molar-refractivity contribution >= 4 is 17.2 Å². The summed E-state index contributed by atoms with van der Waals surface area (Å²) in [6, 6.07) is 14.1. The Hall–Kier alpha value is -2.44. The number of piperazine rings is 1. The molecule has 0 saturated carbocycles. The van der Waals surface area contributed by atoms with E-state index in [-0.39, 0.29) is 5.91 Å². The fourth-order valence-corrected chi connectivity index (χ4v) is 4.14.